The number of hydrogen-bond donors (Lipinski definition) is 1. The van der Waals surface area contributed by atoms with Gasteiger partial charge in [-0.15, -0.1) is 12.4 Å². The highest BCUT2D eigenvalue weighted by atomic mass is 35.5. The molecule has 3 fully saturated rings. The second-order valence-electron chi connectivity index (χ2n) is 6.93. The Labute approximate surface area is 135 Å². The van der Waals surface area contributed by atoms with E-state index in [2.05, 4.69) is 22.0 Å². The van der Waals surface area contributed by atoms with Crippen molar-refractivity contribution in [2.24, 2.45) is 5.92 Å². The number of amides is 1. The van der Waals surface area contributed by atoms with Crippen LogP contribution in [-0.4, -0.2) is 60.5 Å². The summed E-state index contributed by atoms with van der Waals surface area (Å²) in [5.41, 5.74) is 0. The van der Waals surface area contributed by atoms with Crippen LogP contribution in [0.4, 0.5) is 0 Å². The third-order valence-electron chi connectivity index (χ3n) is 5.38. The number of fused-ring (bicyclic) bond motifs is 1. The predicted molar refractivity (Wildman–Crippen MR) is 87.8 cm³/mol. The summed E-state index contributed by atoms with van der Waals surface area (Å²) < 4.78 is 0. The van der Waals surface area contributed by atoms with Crippen LogP contribution in [0.1, 0.15) is 45.4 Å². The number of rotatable bonds is 2. The highest BCUT2D eigenvalue weighted by molar-refractivity contribution is 5.85. The van der Waals surface area contributed by atoms with Crippen LogP contribution >= 0.6 is 12.4 Å². The Morgan fingerprint density at radius 2 is 1.90 bits per heavy atom. The minimum Gasteiger partial charge on any atom is -0.338 e. The average molecular weight is 316 g/mol. The number of carbonyl (C=O) groups is 1. The Kier molecular flexibility index (Phi) is 6.33. The van der Waals surface area contributed by atoms with Gasteiger partial charge < -0.3 is 10.2 Å². The van der Waals surface area contributed by atoms with Crippen LogP contribution < -0.4 is 5.32 Å². The first kappa shape index (κ1) is 17.0. The minimum absolute atomic E-state index is 0. The van der Waals surface area contributed by atoms with E-state index in [1.165, 1.54) is 38.5 Å². The van der Waals surface area contributed by atoms with Gasteiger partial charge in [0.2, 0.25) is 5.91 Å². The van der Waals surface area contributed by atoms with Gasteiger partial charge >= 0.3 is 0 Å². The van der Waals surface area contributed by atoms with Crippen molar-refractivity contribution in [3.8, 4) is 0 Å². The zero-order valence-corrected chi connectivity index (χ0v) is 14.0. The summed E-state index contributed by atoms with van der Waals surface area (Å²) >= 11 is 0. The Morgan fingerprint density at radius 1 is 1.14 bits per heavy atom. The van der Waals surface area contributed by atoms with Gasteiger partial charge in [-0.1, -0.05) is 12.8 Å². The molecule has 0 radical (unpaired) electrons. The molecule has 3 aliphatic rings. The minimum atomic E-state index is 0. The average Bonchev–Trinajstić information content (AvgIpc) is 2.46. The summed E-state index contributed by atoms with van der Waals surface area (Å²) in [4.78, 5) is 17.3. The van der Waals surface area contributed by atoms with E-state index in [1.807, 2.05) is 0 Å². The fourth-order valence-corrected chi connectivity index (χ4v) is 4.37. The second kappa shape index (κ2) is 7.80. The van der Waals surface area contributed by atoms with E-state index in [4.69, 9.17) is 0 Å². The third-order valence-corrected chi connectivity index (χ3v) is 5.38. The van der Waals surface area contributed by atoms with Gasteiger partial charge in [-0.05, 0) is 38.5 Å². The maximum absolute atomic E-state index is 12.7. The number of nitrogens with one attached hydrogen (secondary N) is 1. The van der Waals surface area contributed by atoms with Crippen LogP contribution in [-0.2, 0) is 4.79 Å². The highest BCUT2D eigenvalue weighted by Crippen LogP contribution is 2.35. The van der Waals surface area contributed by atoms with Crippen molar-refractivity contribution in [3.05, 3.63) is 0 Å². The maximum Gasteiger partial charge on any atom is 0.237 e. The van der Waals surface area contributed by atoms with Crippen LogP contribution in [0.15, 0.2) is 0 Å². The molecule has 5 heteroatoms. The highest BCUT2D eigenvalue weighted by Gasteiger charge is 2.36. The number of hydrogen-bond acceptors (Lipinski definition) is 3. The van der Waals surface area contributed by atoms with Gasteiger partial charge in [-0.25, -0.2) is 0 Å². The van der Waals surface area contributed by atoms with Crippen LogP contribution in [0.5, 0.6) is 0 Å². The molecule has 0 aromatic carbocycles. The smallest absolute Gasteiger partial charge is 0.237 e. The second-order valence-corrected chi connectivity index (χ2v) is 6.93. The zero-order valence-electron chi connectivity index (χ0n) is 13.2. The molecule has 0 bridgehead atoms. The van der Waals surface area contributed by atoms with Crippen molar-refractivity contribution in [1.82, 2.24) is 15.1 Å². The summed E-state index contributed by atoms with van der Waals surface area (Å²) in [7, 11) is 0. The van der Waals surface area contributed by atoms with E-state index in [1.54, 1.807) is 0 Å². The molecule has 1 aliphatic carbocycles. The summed E-state index contributed by atoms with van der Waals surface area (Å²) in [5, 5.41) is 3.44. The molecule has 3 atom stereocenters. The Hall–Kier alpha value is -0.320. The monoisotopic (exact) mass is 315 g/mol. The first-order valence-corrected chi connectivity index (χ1v) is 8.49. The van der Waals surface area contributed by atoms with Gasteiger partial charge in [0.05, 0.1) is 6.54 Å². The third kappa shape index (κ3) is 4.11. The standard InChI is InChI=1S/C16H29N3O.ClH/c1-13-11-18(10-8-17-13)12-16(20)19-9-4-6-14-5-2-3-7-15(14)19;/h13-15,17H,2-12H2,1H3;1H. The lowest BCUT2D eigenvalue weighted by Crippen LogP contribution is -2.55. The molecule has 21 heavy (non-hydrogen) atoms. The number of likely N-dealkylation sites (tertiary alicyclic amines) is 1. The van der Waals surface area contributed by atoms with Crippen molar-refractivity contribution >= 4 is 18.3 Å². The molecule has 1 amide bonds. The number of halogens is 1. The topological polar surface area (TPSA) is 35.6 Å². The molecule has 4 nitrogen and oxygen atoms in total. The van der Waals surface area contributed by atoms with Crippen LogP contribution in [0.3, 0.4) is 0 Å². The van der Waals surface area contributed by atoms with Gasteiger partial charge in [-0.3, -0.25) is 9.69 Å². The van der Waals surface area contributed by atoms with Crippen LogP contribution in [0.2, 0.25) is 0 Å². The molecular weight excluding hydrogens is 286 g/mol. The van der Waals surface area contributed by atoms with E-state index in [9.17, 15) is 4.79 Å². The maximum atomic E-state index is 12.7. The van der Waals surface area contributed by atoms with Crippen molar-refractivity contribution in [2.75, 3.05) is 32.7 Å². The van der Waals surface area contributed by atoms with Crippen LogP contribution in [0.25, 0.3) is 0 Å². The summed E-state index contributed by atoms with van der Waals surface area (Å²) in [5.74, 6) is 1.18. The van der Waals surface area contributed by atoms with E-state index >= 15 is 0 Å². The molecular formula is C16H30ClN3O. The van der Waals surface area contributed by atoms with Gasteiger partial charge in [0, 0.05) is 38.3 Å². The lowest BCUT2D eigenvalue weighted by molar-refractivity contribution is -0.139. The lowest BCUT2D eigenvalue weighted by atomic mass is 9.78. The molecule has 2 saturated heterocycles. The fraction of sp³-hybridized carbons (Fsp3) is 0.938. The largest absolute Gasteiger partial charge is 0.338 e. The first-order chi connectivity index (χ1) is 9.74. The molecule has 122 valence electrons. The molecule has 0 aromatic rings. The normalized spacial score (nSPS) is 34.0. The van der Waals surface area contributed by atoms with Crippen molar-refractivity contribution in [3.63, 3.8) is 0 Å². The van der Waals surface area contributed by atoms with E-state index in [-0.39, 0.29) is 12.4 Å². The van der Waals surface area contributed by atoms with Crippen molar-refractivity contribution < 1.29 is 4.79 Å². The Balaban J connectivity index is 0.00000161. The number of piperazine rings is 1. The van der Waals surface area contributed by atoms with Crippen LogP contribution in [0, 0.1) is 5.92 Å². The Morgan fingerprint density at radius 3 is 2.71 bits per heavy atom. The molecule has 3 unspecified atom stereocenters. The van der Waals surface area contributed by atoms with Gasteiger partial charge in [0.15, 0.2) is 0 Å². The molecule has 1 saturated carbocycles. The SMILES string of the molecule is CC1CN(CC(=O)N2CCCC3CCCCC32)CCN1.Cl. The lowest BCUT2D eigenvalue weighted by Gasteiger charge is -2.45. The fourth-order valence-electron chi connectivity index (χ4n) is 4.37. The van der Waals surface area contributed by atoms with E-state index in [0.29, 0.717) is 24.5 Å². The number of nitrogens with zero attached hydrogens (tertiary/aromatic N) is 2. The summed E-state index contributed by atoms with van der Waals surface area (Å²) in [6, 6.07) is 1.07. The zero-order chi connectivity index (χ0) is 13.9. The number of piperidine rings is 1. The summed E-state index contributed by atoms with van der Waals surface area (Å²) in [6.45, 7) is 6.87. The molecule has 3 rings (SSSR count). The molecule has 2 heterocycles. The molecule has 1 N–H and O–H groups in total. The van der Waals surface area contributed by atoms with E-state index < -0.39 is 0 Å². The first-order valence-electron chi connectivity index (χ1n) is 8.49. The Bertz CT molecular complexity index is 350. The summed E-state index contributed by atoms with van der Waals surface area (Å²) in [6.07, 6.45) is 7.84. The van der Waals surface area contributed by atoms with Gasteiger partial charge in [-0.2, -0.15) is 0 Å². The van der Waals surface area contributed by atoms with Gasteiger partial charge in [0.1, 0.15) is 0 Å². The van der Waals surface area contributed by atoms with Crippen molar-refractivity contribution in [2.45, 2.75) is 57.5 Å². The molecule has 0 spiro atoms. The quantitative estimate of drug-likeness (QED) is 0.845. The van der Waals surface area contributed by atoms with Crippen molar-refractivity contribution in [1.29, 1.82) is 0 Å². The number of carbonyl (C=O) groups excluding carboxylic acids is 1. The predicted octanol–water partition coefficient (Wildman–Crippen LogP) is 1.88. The van der Waals surface area contributed by atoms with E-state index in [0.717, 1.165) is 32.1 Å². The molecule has 2 aliphatic heterocycles. The molecule has 0 aromatic heterocycles. The van der Waals surface area contributed by atoms with Gasteiger partial charge in [0.25, 0.3) is 0 Å².